The molecule has 3 aromatic rings. The van der Waals surface area contributed by atoms with E-state index in [-0.39, 0.29) is 12.6 Å². The molecule has 1 unspecified atom stereocenters. The maximum absolute atomic E-state index is 9.84. The Hall–Kier alpha value is -2.84. The van der Waals surface area contributed by atoms with Crippen molar-refractivity contribution in [3.05, 3.63) is 53.4 Å². The van der Waals surface area contributed by atoms with Gasteiger partial charge < -0.3 is 20.5 Å². The van der Waals surface area contributed by atoms with Gasteiger partial charge in [-0.3, -0.25) is 4.68 Å². The highest BCUT2D eigenvalue weighted by Gasteiger charge is 2.15. The summed E-state index contributed by atoms with van der Waals surface area (Å²) < 4.78 is 7.08. The van der Waals surface area contributed by atoms with Gasteiger partial charge in [-0.15, -0.1) is 0 Å². The molecule has 0 amide bonds. The minimum absolute atomic E-state index is 0.141. The number of halogens is 1. The SMILES string of the molecule is COc1cccc(C(CO)Nc2nc(Nc3cnn(C(C)C)c3)ncc2Cl)c1. The van der Waals surface area contributed by atoms with Gasteiger partial charge in [0.05, 0.1) is 37.8 Å². The Morgan fingerprint density at radius 1 is 1.29 bits per heavy atom. The number of rotatable bonds is 8. The number of nitrogens with zero attached hydrogens (tertiary/aromatic N) is 4. The summed E-state index contributed by atoms with van der Waals surface area (Å²) in [6.45, 7) is 3.95. The second-order valence-corrected chi connectivity index (χ2v) is 6.88. The second-order valence-electron chi connectivity index (χ2n) is 6.47. The van der Waals surface area contributed by atoms with Crippen LogP contribution in [0.2, 0.25) is 5.02 Å². The highest BCUT2D eigenvalue weighted by atomic mass is 35.5. The summed E-state index contributed by atoms with van der Waals surface area (Å²) in [5.74, 6) is 1.49. The maximum atomic E-state index is 9.84. The number of aromatic nitrogens is 4. The highest BCUT2D eigenvalue weighted by molar-refractivity contribution is 6.32. The first-order chi connectivity index (χ1) is 13.5. The van der Waals surface area contributed by atoms with E-state index >= 15 is 0 Å². The molecule has 0 aliphatic rings. The Morgan fingerprint density at radius 2 is 2.11 bits per heavy atom. The Kier molecular flexibility index (Phi) is 6.33. The summed E-state index contributed by atoms with van der Waals surface area (Å²) in [7, 11) is 1.60. The van der Waals surface area contributed by atoms with Crippen LogP contribution in [-0.4, -0.2) is 38.6 Å². The first-order valence-corrected chi connectivity index (χ1v) is 9.23. The van der Waals surface area contributed by atoms with Crippen molar-refractivity contribution in [3.63, 3.8) is 0 Å². The maximum Gasteiger partial charge on any atom is 0.229 e. The van der Waals surface area contributed by atoms with Crippen LogP contribution in [0.4, 0.5) is 17.5 Å². The van der Waals surface area contributed by atoms with Gasteiger partial charge in [0, 0.05) is 12.2 Å². The summed E-state index contributed by atoms with van der Waals surface area (Å²) in [4.78, 5) is 8.64. The van der Waals surface area contributed by atoms with E-state index in [2.05, 4.69) is 25.7 Å². The molecule has 0 aliphatic carbocycles. The van der Waals surface area contributed by atoms with Crippen molar-refractivity contribution < 1.29 is 9.84 Å². The Morgan fingerprint density at radius 3 is 2.79 bits per heavy atom. The molecule has 2 heterocycles. The van der Waals surface area contributed by atoms with Gasteiger partial charge in [-0.1, -0.05) is 23.7 Å². The average Bonchev–Trinajstić information content (AvgIpc) is 3.17. The molecule has 3 rings (SSSR count). The van der Waals surface area contributed by atoms with Crippen LogP contribution in [0, 0.1) is 0 Å². The average molecular weight is 403 g/mol. The number of hydrogen-bond donors (Lipinski definition) is 3. The summed E-state index contributed by atoms with van der Waals surface area (Å²) in [5.41, 5.74) is 1.62. The monoisotopic (exact) mass is 402 g/mol. The second kappa shape index (κ2) is 8.90. The molecule has 9 heteroatoms. The predicted octanol–water partition coefficient (Wildman–Crippen LogP) is 3.81. The summed E-state index contributed by atoms with van der Waals surface area (Å²) in [6, 6.07) is 7.30. The van der Waals surface area contributed by atoms with Crippen LogP contribution < -0.4 is 15.4 Å². The molecular weight excluding hydrogens is 380 g/mol. The number of hydrogen-bond acceptors (Lipinski definition) is 7. The van der Waals surface area contributed by atoms with Crippen LogP contribution in [0.15, 0.2) is 42.9 Å². The molecule has 0 fully saturated rings. The third kappa shape index (κ3) is 4.71. The van der Waals surface area contributed by atoms with Crippen molar-refractivity contribution in [2.45, 2.75) is 25.9 Å². The minimum Gasteiger partial charge on any atom is -0.497 e. The molecule has 0 aliphatic heterocycles. The molecule has 28 heavy (non-hydrogen) atoms. The van der Waals surface area contributed by atoms with Gasteiger partial charge in [-0.25, -0.2) is 4.98 Å². The lowest BCUT2D eigenvalue weighted by atomic mass is 10.1. The van der Waals surface area contributed by atoms with E-state index in [1.807, 2.05) is 49.0 Å². The van der Waals surface area contributed by atoms with E-state index in [1.165, 1.54) is 6.20 Å². The number of benzene rings is 1. The third-order valence-corrected chi connectivity index (χ3v) is 4.40. The van der Waals surface area contributed by atoms with Crippen LogP contribution in [0.3, 0.4) is 0 Å². The Balaban J connectivity index is 1.79. The van der Waals surface area contributed by atoms with Gasteiger partial charge in [-0.05, 0) is 31.5 Å². The fourth-order valence-corrected chi connectivity index (χ4v) is 2.75. The molecule has 3 N–H and O–H groups in total. The van der Waals surface area contributed by atoms with Crippen LogP contribution in [0.5, 0.6) is 5.75 Å². The topological polar surface area (TPSA) is 97.1 Å². The lowest BCUT2D eigenvalue weighted by molar-refractivity contribution is 0.276. The summed E-state index contributed by atoms with van der Waals surface area (Å²) in [6.07, 6.45) is 5.09. The molecular formula is C19H23ClN6O2. The Labute approximate surface area is 168 Å². The van der Waals surface area contributed by atoms with Crippen molar-refractivity contribution in [1.82, 2.24) is 19.7 Å². The van der Waals surface area contributed by atoms with Gasteiger partial charge in [0.25, 0.3) is 0 Å². The zero-order valence-corrected chi connectivity index (χ0v) is 16.7. The van der Waals surface area contributed by atoms with E-state index in [0.717, 1.165) is 11.3 Å². The Bertz CT molecular complexity index is 930. The molecule has 2 aromatic heterocycles. The largest absolute Gasteiger partial charge is 0.497 e. The standard InChI is InChI=1S/C19H23ClN6O2/c1-12(2)26-10-14(8-22-26)23-19-21-9-16(20)18(25-19)24-17(11-27)13-5-4-6-15(7-13)28-3/h4-10,12,17,27H,11H2,1-3H3,(H2,21,23,24,25). The molecule has 0 saturated carbocycles. The molecule has 0 radical (unpaired) electrons. The van der Waals surface area contributed by atoms with Crippen molar-refractivity contribution in [3.8, 4) is 5.75 Å². The predicted molar refractivity (Wildman–Crippen MR) is 109 cm³/mol. The zero-order chi connectivity index (χ0) is 20.1. The van der Waals surface area contributed by atoms with E-state index in [4.69, 9.17) is 16.3 Å². The van der Waals surface area contributed by atoms with Crippen molar-refractivity contribution in [2.24, 2.45) is 0 Å². The molecule has 8 nitrogen and oxygen atoms in total. The molecule has 148 valence electrons. The smallest absolute Gasteiger partial charge is 0.229 e. The molecule has 0 saturated heterocycles. The van der Waals surface area contributed by atoms with E-state index in [9.17, 15) is 5.11 Å². The van der Waals surface area contributed by atoms with Crippen LogP contribution >= 0.6 is 11.6 Å². The van der Waals surface area contributed by atoms with Gasteiger partial charge in [0.2, 0.25) is 5.95 Å². The number of nitrogens with one attached hydrogen (secondary N) is 2. The summed E-state index contributed by atoms with van der Waals surface area (Å²) in [5, 5.41) is 20.7. The third-order valence-electron chi connectivity index (χ3n) is 4.12. The highest BCUT2D eigenvalue weighted by Crippen LogP contribution is 2.27. The number of aliphatic hydroxyl groups excluding tert-OH is 1. The fourth-order valence-electron chi connectivity index (χ4n) is 2.60. The first kappa shape index (κ1) is 19.9. The van der Waals surface area contributed by atoms with Crippen molar-refractivity contribution >= 4 is 29.1 Å². The van der Waals surface area contributed by atoms with Gasteiger partial charge in [0.15, 0.2) is 5.82 Å². The van der Waals surface area contributed by atoms with Gasteiger partial charge >= 0.3 is 0 Å². The lowest BCUT2D eigenvalue weighted by Gasteiger charge is -2.19. The van der Waals surface area contributed by atoms with Crippen molar-refractivity contribution in [2.75, 3.05) is 24.4 Å². The van der Waals surface area contributed by atoms with E-state index in [0.29, 0.717) is 22.5 Å². The zero-order valence-electron chi connectivity index (χ0n) is 15.9. The number of anilines is 3. The molecule has 1 aromatic carbocycles. The van der Waals surface area contributed by atoms with Gasteiger partial charge in [0.1, 0.15) is 10.8 Å². The fraction of sp³-hybridized carbons (Fsp3) is 0.316. The van der Waals surface area contributed by atoms with Crippen LogP contribution in [-0.2, 0) is 0 Å². The number of aliphatic hydroxyl groups is 1. The first-order valence-electron chi connectivity index (χ1n) is 8.85. The molecule has 0 spiro atoms. The lowest BCUT2D eigenvalue weighted by Crippen LogP contribution is -2.16. The molecule has 0 bridgehead atoms. The van der Waals surface area contributed by atoms with E-state index < -0.39 is 6.04 Å². The van der Waals surface area contributed by atoms with Gasteiger partial charge in [-0.2, -0.15) is 10.1 Å². The molecule has 1 atom stereocenters. The van der Waals surface area contributed by atoms with Crippen LogP contribution in [0.25, 0.3) is 0 Å². The van der Waals surface area contributed by atoms with Crippen molar-refractivity contribution in [1.29, 1.82) is 0 Å². The minimum atomic E-state index is -0.404. The number of ether oxygens (including phenoxy) is 1. The quantitative estimate of drug-likeness (QED) is 0.527. The van der Waals surface area contributed by atoms with E-state index in [1.54, 1.807) is 13.3 Å². The normalized spacial score (nSPS) is 12.1. The summed E-state index contributed by atoms with van der Waals surface area (Å²) >= 11 is 6.25. The number of methoxy groups -OCH3 is 1. The van der Waals surface area contributed by atoms with Crippen LogP contribution in [0.1, 0.15) is 31.5 Å².